The lowest BCUT2D eigenvalue weighted by atomic mass is 10.1. The van der Waals surface area contributed by atoms with Gasteiger partial charge >= 0.3 is 0 Å². The van der Waals surface area contributed by atoms with Gasteiger partial charge in [0.2, 0.25) is 5.82 Å². The van der Waals surface area contributed by atoms with Crippen LogP contribution in [0.15, 0.2) is 29.4 Å². The van der Waals surface area contributed by atoms with Crippen LogP contribution in [-0.4, -0.2) is 6.21 Å². The van der Waals surface area contributed by atoms with Crippen molar-refractivity contribution >= 4 is 6.21 Å². The third-order valence-electron chi connectivity index (χ3n) is 2.86. The Bertz CT molecular complexity index is 785. The molecular formula is C15H7F5N2O. The highest BCUT2D eigenvalue weighted by molar-refractivity contribution is 5.82. The molecule has 2 rings (SSSR count). The largest absolute Gasteiger partial charge is 0.391 e. The molecule has 23 heavy (non-hydrogen) atoms. The summed E-state index contributed by atoms with van der Waals surface area (Å²) in [5.41, 5.74) is -0.490. The Balaban J connectivity index is 2.17. The smallest absolute Gasteiger partial charge is 0.200 e. The Morgan fingerprint density at radius 2 is 1.52 bits per heavy atom. The molecular weight excluding hydrogens is 319 g/mol. The molecule has 0 aliphatic carbocycles. The summed E-state index contributed by atoms with van der Waals surface area (Å²) in [5.74, 6) is -10.3. The Hall–Kier alpha value is -2.95. The maximum atomic E-state index is 13.4. The normalized spacial score (nSPS) is 10.8. The zero-order valence-corrected chi connectivity index (χ0v) is 11.3. The predicted octanol–water partition coefficient (Wildman–Crippen LogP) is 3.80. The second kappa shape index (κ2) is 6.87. The number of nitriles is 1. The number of oxime groups is 1. The van der Waals surface area contributed by atoms with Crippen molar-refractivity contribution in [3.05, 3.63) is 70.0 Å². The van der Waals surface area contributed by atoms with Crippen molar-refractivity contribution in [1.29, 1.82) is 5.26 Å². The lowest BCUT2D eigenvalue weighted by Crippen LogP contribution is -2.07. The summed E-state index contributed by atoms with van der Waals surface area (Å²) in [6.07, 6.45) is 1.09. The van der Waals surface area contributed by atoms with E-state index in [1.807, 2.05) is 6.07 Å². The summed E-state index contributed by atoms with van der Waals surface area (Å²) in [4.78, 5) is 4.56. The zero-order chi connectivity index (χ0) is 17.0. The molecule has 0 aromatic heterocycles. The fourth-order valence-electron chi connectivity index (χ4n) is 1.68. The van der Waals surface area contributed by atoms with Gasteiger partial charge in [-0.05, 0) is 6.07 Å². The summed E-state index contributed by atoms with van der Waals surface area (Å²) < 4.78 is 65.6. The first-order chi connectivity index (χ1) is 11.0. The standard InChI is InChI=1S/C15H7F5N2O/c16-11-10(12(17)14(19)15(20)13(11)18)7-23-22-6-9-4-2-1-3-8(9)5-21/h1-4,6H,7H2. The molecule has 8 heteroatoms. The minimum absolute atomic E-state index is 0.274. The van der Waals surface area contributed by atoms with E-state index >= 15 is 0 Å². The third kappa shape index (κ3) is 3.29. The minimum Gasteiger partial charge on any atom is -0.391 e. The summed E-state index contributed by atoms with van der Waals surface area (Å²) in [7, 11) is 0. The molecule has 118 valence electrons. The second-order valence-electron chi connectivity index (χ2n) is 4.26. The lowest BCUT2D eigenvalue weighted by Gasteiger charge is -2.06. The molecule has 2 aromatic rings. The van der Waals surface area contributed by atoms with Crippen molar-refractivity contribution in [2.24, 2.45) is 5.16 Å². The number of hydrogen-bond donors (Lipinski definition) is 0. The molecule has 0 N–H and O–H groups in total. The van der Waals surface area contributed by atoms with Crippen LogP contribution >= 0.6 is 0 Å². The van der Waals surface area contributed by atoms with E-state index in [1.165, 1.54) is 12.1 Å². The van der Waals surface area contributed by atoms with Crippen LogP contribution in [0.25, 0.3) is 0 Å². The Morgan fingerprint density at radius 3 is 2.13 bits per heavy atom. The molecule has 0 fully saturated rings. The monoisotopic (exact) mass is 326 g/mol. The first-order valence-corrected chi connectivity index (χ1v) is 6.12. The highest BCUT2D eigenvalue weighted by atomic mass is 19.2. The van der Waals surface area contributed by atoms with E-state index in [1.54, 1.807) is 12.1 Å². The first-order valence-electron chi connectivity index (χ1n) is 6.12. The molecule has 0 aliphatic heterocycles. The number of nitrogens with zero attached hydrogens (tertiary/aromatic N) is 2. The van der Waals surface area contributed by atoms with Crippen molar-refractivity contribution in [2.45, 2.75) is 6.61 Å². The molecule has 0 heterocycles. The molecule has 2 aromatic carbocycles. The van der Waals surface area contributed by atoms with Crippen LogP contribution in [0.4, 0.5) is 22.0 Å². The van der Waals surface area contributed by atoms with E-state index < -0.39 is 41.3 Å². The van der Waals surface area contributed by atoms with Crippen LogP contribution in [0.1, 0.15) is 16.7 Å². The van der Waals surface area contributed by atoms with Crippen molar-refractivity contribution in [1.82, 2.24) is 0 Å². The van der Waals surface area contributed by atoms with Gasteiger partial charge in [0.25, 0.3) is 0 Å². The molecule has 0 spiro atoms. The fourth-order valence-corrected chi connectivity index (χ4v) is 1.68. The van der Waals surface area contributed by atoms with Gasteiger partial charge in [-0.25, -0.2) is 22.0 Å². The molecule has 0 saturated carbocycles. The number of benzene rings is 2. The van der Waals surface area contributed by atoms with Gasteiger partial charge in [-0.1, -0.05) is 23.4 Å². The number of halogens is 5. The van der Waals surface area contributed by atoms with E-state index in [9.17, 15) is 22.0 Å². The SMILES string of the molecule is N#Cc1ccccc1C=NOCc1c(F)c(F)c(F)c(F)c1F. The maximum absolute atomic E-state index is 13.4. The predicted molar refractivity (Wildman–Crippen MR) is 69.8 cm³/mol. The molecule has 0 bridgehead atoms. The van der Waals surface area contributed by atoms with E-state index in [4.69, 9.17) is 5.26 Å². The summed E-state index contributed by atoms with van der Waals surface area (Å²) >= 11 is 0. The molecule has 0 radical (unpaired) electrons. The molecule has 0 saturated heterocycles. The Kier molecular flexibility index (Phi) is 4.91. The lowest BCUT2D eigenvalue weighted by molar-refractivity contribution is 0.124. The molecule has 0 unspecified atom stereocenters. The van der Waals surface area contributed by atoms with Gasteiger partial charge in [-0.15, -0.1) is 0 Å². The summed E-state index contributed by atoms with van der Waals surface area (Å²) in [5, 5.41) is 12.2. The average Bonchev–Trinajstić information content (AvgIpc) is 2.58. The van der Waals surface area contributed by atoms with Crippen molar-refractivity contribution in [3.63, 3.8) is 0 Å². The summed E-state index contributed by atoms with van der Waals surface area (Å²) in [6.45, 7) is -0.961. The summed E-state index contributed by atoms with van der Waals surface area (Å²) in [6, 6.07) is 8.16. The van der Waals surface area contributed by atoms with Crippen LogP contribution in [0, 0.1) is 40.4 Å². The Labute approximate surface area is 127 Å². The average molecular weight is 326 g/mol. The van der Waals surface area contributed by atoms with Crippen LogP contribution in [0.3, 0.4) is 0 Å². The van der Waals surface area contributed by atoms with E-state index in [-0.39, 0.29) is 5.56 Å². The van der Waals surface area contributed by atoms with Crippen LogP contribution in [-0.2, 0) is 11.4 Å². The van der Waals surface area contributed by atoms with Gasteiger partial charge in [0, 0.05) is 5.56 Å². The van der Waals surface area contributed by atoms with E-state index in [0.717, 1.165) is 6.21 Å². The van der Waals surface area contributed by atoms with Gasteiger partial charge in [0.15, 0.2) is 23.3 Å². The highest BCUT2D eigenvalue weighted by Crippen LogP contribution is 2.23. The molecule has 3 nitrogen and oxygen atoms in total. The fraction of sp³-hybridized carbons (Fsp3) is 0.0667. The van der Waals surface area contributed by atoms with Crippen molar-refractivity contribution in [2.75, 3.05) is 0 Å². The second-order valence-corrected chi connectivity index (χ2v) is 4.26. The molecule has 0 aliphatic rings. The van der Waals surface area contributed by atoms with Crippen molar-refractivity contribution < 1.29 is 26.8 Å². The van der Waals surface area contributed by atoms with Gasteiger partial charge in [-0.3, -0.25) is 0 Å². The highest BCUT2D eigenvalue weighted by Gasteiger charge is 2.25. The molecule has 0 atom stereocenters. The first kappa shape index (κ1) is 16.4. The minimum atomic E-state index is -2.24. The number of hydrogen-bond acceptors (Lipinski definition) is 3. The van der Waals surface area contributed by atoms with Crippen LogP contribution in [0.5, 0.6) is 0 Å². The van der Waals surface area contributed by atoms with Gasteiger partial charge in [-0.2, -0.15) is 5.26 Å². The van der Waals surface area contributed by atoms with Crippen LogP contribution in [0.2, 0.25) is 0 Å². The van der Waals surface area contributed by atoms with E-state index in [2.05, 4.69) is 9.99 Å². The molecule has 0 amide bonds. The van der Waals surface area contributed by atoms with Gasteiger partial charge in [0.1, 0.15) is 6.61 Å². The van der Waals surface area contributed by atoms with E-state index in [0.29, 0.717) is 5.56 Å². The van der Waals surface area contributed by atoms with Gasteiger partial charge in [0.05, 0.1) is 23.4 Å². The van der Waals surface area contributed by atoms with Gasteiger partial charge < -0.3 is 4.84 Å². The topological polar surface area (TPSA) is 45.4 Å². The maximum Gasteiger partial charge on any atom is 0.200 e. The third-order valence-corrected chi connectivity index (χ3v) is 2.86. The Morgan fingerprint density at radius 1 is 0.957 bits per heavy atom. The quantitative estimate of drug-likeness (QED) is 0.282. The van der Waals surface area contributed by atoms with Crippen molar-refractivity contribution in [3.8, 4) is 6.07 Å². The zero-order valence-electron chi connectivity index (χ0n) is 11.3. The number of rotatable bonds is 4. The van der Waals surface area contributed by atoms with Crippen LogP contribution < -0.4 is 0 Å².